The Morgan fingerprint density at radius 3 is 1.80 bits per heavy atom. The molecule has 0 amide bonds. The van der Waals surface area contributed by atoms with Gasteiger partial charge in [-0.1, -0.05) is 94.3 Å². The summed E-state index contributed by atoms with van der Waals surface area (Å²) in [6, 6.07) is 21.8. The molecule has 0 heterocycles. The summed E-state index contributed by atoms with van der Waals surface area (Å²) in [5.41, 5.74) is -0.878. The molecule has 3 nitrogen and oxygen atoms in total. The molecule has 192 valence electrons. The summed E-state index contributed by atoms with van der Waals surface area (Å²) < 4.78 is 12.8. The number of benzene rings is 2. The molecular weight excluding hydrogens is 448 g/mol. The second-order valence-electron chi connectivity index (χ2n) is 13.0. The number of hydrogen-bond donors (Lipinski definition) is 0. The molecule has 0 unspecified atom stereocenters. The quantitative estimate of drug-likeness (QED) is 0.271. The zero-order valence-corrected chi connectivity index (χ0v) is 24.2. The van der Waals surface area contributed by atoms with Gasteiger partial charge in [-0.2, -0.15) is 0 Å². The minimum Gasteiger partial charge on any atom is -0.460 e. The normalized spacial score (nSPS) is 18.9. The molecule has 3 rings (SSSR count). The Kier molecular flexibility index (Phi) is 8.38. The summed E-state index contributed by atoms with van der Waals surface area (Å²) in [4.78, 5) is 12.6. The number of hydrogen-bond acceptors (Lipinski definition) is 3. The first-order valence-electron chi connectivity index (χ1n) is 13.2. The molecule has 0 saturated heterocycles. The SMILES string of the molecule is CC(C)(C)OC(=O)C(C)(C)CCC[C@@H]1C[C@@H]1CO[Si](c1ccccc1)(c1ccccc1)C(C)(C)C. The van der Waals surface area contributed by atoms with Crippen molar-refractivity contribution in [3.05, 3.63) is 60.7 Å². The van der Waals surface area contributed by atoms with Crippen molar-refractivity contribution in [1.82, 2.24) is 0 Å². The van der Waals surface area contributed by atoms with Gasteiger partial charge in [0.1, 0.15) is 5.60 Å². The molecular formula is C31H46O3Si. The molecule has 0 spiro atoms. The van der Waals surface area contributed by atoms with Crippen LogP contribution in [0.15, 0.2) is 60.7 Å². The van der Waals surface area contributed by atoms with Crippen molar-refractivity contribution in [1.29, 1.82) is 0 Å². The Labute approximate surface area is 214 Å². The lowest BCUT2D eigenvalue weighted by atomic mass is 9.86. The van der Waals surface area contributed by atoms with Crippen molar-refractivity contribution in [3.63, 3.8) is 0 Å². The van der Waals surface area contributed by atoms with Crippen LogP contribution >= 0.6 is 0 Å². The van der Waals surface area contributed by atoms with Crippen LogP contribution in [0, 0.1) is 17.3 Å². The Bertz CT molecular complexity index is 915. The van der Waals surface area contributed by atoms with Crippen LogP contribution in [-0.4, -0.2) is 26.5 Å². The van der Waals surface area contributed by atoms with Crippen LogP contribution in [0.25, 0.3) is 0 Å². The summed E-state index contributed by atoms with van der Waals surface area (Å²) in [5, 5.41) is 2.70. The van der Waals surface area contributed by atoms with E-state index in [0.29, 0.717) is 11.8 Å². The molecule has 0 aliphatic heterocycles. The van der Waals surface area contributed by atoms with Gasteiger partial charge in [-0.05, 0) is 74.7 Å². The minimum atomic E-state index is -2.46. The van der Waals surface area contributed by atoms with Crippen molar-refractivity contribution < 1.29 is 14.0 Å². The minimum absolute atomic E-state index is 0.0114. The molecule has 4 heteroatoms. The van der Waals surface area contributed by atoms with Crippen molar-refractivity contribution >= 4 is 24.7 Å². The van der Waals surface area contributed by atoms with Crippen molar-refractivity contribution in [2.24, 2.45) is 17.3 Å². The highest BCUT2D eigenvalue weighted by molar-refractivity contribution is 6.99. The van der Waals surface area contributed by atoms with E-state index in [-0.39, 0.29) is 11.0 Å². The Morgan fingerprint density at radius 2 is 1.34 bits per heavy atom. The van der Waals surface area contributed by atoms with Gasteiger partial charge < -0.3 is 9.16 Å². The molecule has 0 N–H and O–H groups in total. The number of carbonyl (C=O) groups is 1. The van der Waals surface area contributed by atoms with Gasteiger partial charge in [0.2, 0.25) is 0 Å². The largest absolute Gasteiger partial charge is 0.460 e. The topological polar surface area (TPSA) is 35.5 Å². The summed E-state index contributed by atoms with van der Waals surface area (Å²) in [6.45, 7) is 17.6. The highest BCUT2D eigenvalue weighted by Crippen LogP contribution is 2.45. The Morgan fingerprint density at radius 1 is 0.829 bits per heavy atom. The second-order valence-corrected chi connectivity index (χ2v) is 17.3. The van der Waals surface area contributed by atoms with Crippen LogP contribution < -0.4 is 10.4 Å². The van der Waals surface area contributed by atoms with Gasteiger partial charge in [0, 0.05) is 6.61 Å². The summed E-state index contributed by atoms with van der Waals surface area (Å²) in [5.74, 6) is 1.22. The second kappa shape index (κ2) is 10.6. The van der Waals surface area contributed by atoms with Gasteiger partial charge in [0.15, 0.2) is 0 Å². The molecule has 2 aromatic carbocycles. The fraction of sp³-hybridized carbons (Fsp3) is 0.581. The fourth-order valence-electron chi connectivity index (χ4n) is 5.19. The lowest BCUT2D eigenvalue weighted by molar-refractivity contribution is -0.166. The first kappa shape index (κ1) is 27.7. The van der Waals surface area contributed by atoms with E-state index < -0.39 is 19.3 Å². The Balaban J connectivity index is 1.64. The predicted octanol–water partition coefficient (Wildman–Crippen LogP) is 6.74. The Hall–Kier alpha value is -1.91. The average Bonchev–Trinajstić information content (AvgIpc) is 3.51. The maximum Gasteiger partial charge on any atom is 0.312 e. The van der Waals surface area contributed by atoms with Gasteiger partial charge >= 0.3 is 5.97 Å². The van der Waals surface area contributed by atoms with Gasteiger partial charge in [0.25, 0.3) is 8.32 Å². The van der Waals surface area contributed by atoms with Crippen LogP contribution in [0.5, 0.6) is 0 Å². The average molecular weight is 495 g/mol. The van der Waals surface area contributed by atoms with Crippen LogP contribution in [0.1, 0.15) is 81.1 Å². The molecule has 0 radical (unpaired) electrons. The molecule has 1 aliphatic rings. The molecule has 2 atom stereocenters. The predicted molar refractivity (Wildman–Crippen MR) is 149 cm³/mol. The zero-order chi connectivity index (χ0) is 25.9. The lowest BCUT2D eigenvalue weighted by Gasteiger charge is -2.43. The third-order valence-electron chi connectivity index (χ3n) is 7.33. The smallest absolute Gasteiger partial charge is 0.312 e. The maximum atomic E-state index is 12.6. The first-order valence-corrected chi connectivity index (χ1v) is 15.2. The third-order valence-corrected chi connectivity index (χ3v) is 12.3. The number of carbonyl (C=O) groups excluding carboxylic acids is 1. The van der Waals surface area contributed by atoms with E-state index >= 15 is 0 Å². The highest BCUT2D eigenvalue weighted by atomic mass is 28.4. The first-order chi connectivity index (χ1) is 16.3. The van der Waals surface area contributed by atoms with E-state index in [9.17, 15) is 4.79 Å². The fourth-order valence-corrected chi connectivity index (χ4v) is 9.81. The number of rotatable bonds is 10. The standard InChI is InChI=1S/C31H46O3Si/c1-29(2,3)34-28(32)31(7,8)21-15-16-24-22-25(24)23-33-35(30(4,5)6,26-17-11-9-12-18-26)27-19-13-10-14-20-27/h9-14,17-20,24-25H,15-16,21-23H2,1-8H3/t24-,25-/m1/s1. The third kappa shape index (κ3) is 6.86. The molecule has 0 bridgehead atoms. The van der Waals surface area contributed by atoms with Gasteiger partial charge in [-0.3, -0.25) is 4.79 Å². The van der Waals surface area contributed by atoms with E-state index in [0.717, 1.165) is 25.9 Å². The van der Waals surface area contributed by atoms with Crippen LogP contribution in [0.4, 0.5) is 0 Å². The maximum absolute atomic E-state index is 12.6. The van der Waals surface area contributed by atoms with E-state index in [1.165, 1.54) is 16.8 Å². The summed E-state index contributed by atoms with van der Waals surface area (Å²) >= 11 is 0. The number of esters is 1. The molecule has 0 aromatic heterocycles. The summed E-state index contributed by atoms with van der Waals surface area (Å²) in [6.07, 6.45) is 4.29. The molecule has 1 saturated carbocycles. The van der Waals surface area contributed by atoms with Gasteiger partial charge in [-0.15, -0.1) is 0 Å². The van der Waals surface area contributed by atoms with Crippen LogP contribution in [0.3, 0.4) is 0 Å². The highest BCUT2D eigenvalue weighted by Gasteiger charge is 2.51. The van der Waals surface area contributed by atoms with Crippen LogP contribution in [0.2, 0.25) is 5.04 Å². The molecule has 1 aliphatic carbocycles. The lowest BCUT2D eigenvalue weighted by Crippen LogP contribution is -2.66. The molecule has 1 fully saturated rings. The van der Waals surface area contributed by atoms with Gasteiger partial charge in [0.05, 0.1) is 5.41 Å². The number of ether oxygens (including phenoxy) is 1. The molecule has 35 heavy (non-hydrogen) atoms. The van der Waals surface area contributed by atoms with E-state index in [4.69, 9.17) is 9.16 Å². The van der Waals surface area contributed by atoms with Crippen molar-refractivity contribution in [3.8, 4) is 0 Å². The van der Waals surface area contributed by atoms with Crippen LogP contribution in [-0.2, 0) is 14.0 Å². The van der Waals surface area contributed by atoms with Gasteiger partial charge in [-0.25, -0.2) is 0 Å². The van der Waals surface area contributed by atoms with Crippen molar-refractivity contribution in [2.75, 3.05) is 6.61 Å². The molecule has 2 aromatic rings. The summed E-state index contributed by atoms with van der Waals surface area (Å²) in [7, 11) is -2.46. The van der Waals surface area contributed by atoms with E-state index in [2.05, 4.69) is 81.4 Å². The van der Waals surface area contributed by atoms with E-state index in [1.54, 1.807) is 0 Å². The zero-order valence-electron chi connectivity index (χ0n) is 23.2. The van der Waals surface area contributed by atoms with Crippen molar-refractivity contribution in [2.45, 2.75) is 91.7 Å². The monoisotopic (exact) mass is 494 g/mol. The van der Waals surface area contributed by atoms with E-state index in [1.807, 2.05) is 34.6 Å².